The molecule has 1 aromatic carbocycles. The molecule has 2 atom stereocenters. The Bertz CT molecular complexity index is 547. The minimum atomic E-state index is -1.34. The molecule has 8 heteroatoms. The van der Waals surface area contributed by atoms with E-state index in [2.05, 4.69) is 5.32 Å². The van der Waals surface area contributed by atoms with E-state index >= 15 is 0 Å². The molecule has 0 aromatic heterocycles. The maximum absolute atomic E-state index is 11.0. The van der Waals surface area contributed by atoms with E-state index in [1.165, 1.54) is 12.1 Å². The summed E-state index contributed by atoms with van der Waals surface area (Å²) < 4.78 is 11.0. The number of nitrogens with one attached hydrogen (secondary N) is 1. The largest absolute Gasteiger partial charge is 0.477 e. The van der Waals surface area contributed by atoms with Crippen LogP contribution >= 0.6 is 0 Å². The molecule has 0 saturated carbocycles. The van der Waals surface area contributed by atoms with Crippen LogP contribution in [-0.2, 0) is 10.8 Å². The molecule has 0 bridgehead atoms. The van der Waals surface area contributed by atoms with Gasteiger partial charge in [-0.15, -0.1) is 0 Å². The van der Waals surface area contributed by atoms with Crippen LogP contribution in [0.25, 0.3) is 0 Å². The molecule has 0 amide bonds. The van der Waals surface area contributed by atoms with Gasteiger partial charge in [0, 0.05) is 40.6 Å². The smallest absolute Gasteiger partial charge is 0.342 e. The Labute approximate surface area is 118 Å². The number of aromatic carboxylic acids is 1. The first-order valence-electron chi connectivity index (χ1n) is 5.89. The normalized spacial score (nSPS) is 13.5. The van der Waals surface area contributed by atoms with Crippen LogP contribution in [0.2, 0.25) is 0 Å². The zero-order chi connectivity index (χ0) is 15.3. The molecule has 0 heterocycles. The Hall–Kier alpha value is -1.96. The zero-order valence-corrected chi connectivity index (χ0v) is 12.0. The molecule has 0 aliphatic carbocycles. The van der Waals surface area contributed by atoms with Crippen LogP contribution in [0.15, 0.2) is 18.2 Å². The second-order valence-corrected chi connectivity index (χ2v) is 5.96. The standard InChI is InChI=1S/C12H16N2O5S/c1-8(5-6-20(2)19)13-9-3-4-11(14(17)18)10(7-9)12(15)16/h3-4,7-8,13H,5-6H2,1-2H3,(H,15,16). The van der Waals surface area contributed by atoms with Crippen molar-refractivity contribution in [2.24, 2.45) is 0 Å². The summed E-state index contributed by atoms with van der Waals surface area (Å²) in [6.45, 7) is 1.87. The van der Waals surface area contributed by atoms with Crippen molar-refractivity contribution in [2.45, 2.75) is 19.4 Å². The van der Waals surface area contributed by atoms with Gasteiger partial charge in [0.2, 0.25) is 0 Å². The maximum atomic E-state index is 11.0. The van der Waals surface area contributed by atoms with Gasteiger partial charge in [0.05, 0.1) is 4.92 Å². The average Bonchev–Trinajstić information content (AvgIpc) is 2.35. The number of nitro benzene ring substituents is 1. The fourth-order valence-corrected chi connectivity index (χ4v) is 2.34. The number of rotatable bonds is 7. The first-order chi connectivity index (χ1) is 9.31. The van der Waals surface area contributed by atoms with E-state index in [0.29, 0.717) is 17.9 Å². The number of hydrogen-bond acceptors (Lipinski definition) is 5. The van der Waals surface area contributed by atoms with Crippen molar-refractivity contribution in [1.82, 2.24) is 0 Å². The molecule has 0 saturated heterocycles. The highest BCUT2D eigenvalue weighted by Gasteiger charge is 2.20. The lowest BCUT2D eigenvalue weighted by molar-refractivity contribution is -0.385. The van der Waals surface area contributed by atoms with E-state index < -0.39 is 27.4 Å². The minimum absolute atomic E-state index is 0.0120. The first kappa shape index (κ1) is 16.1. The molecule has 1 aromatic rings. The Morgan fingerprint density at radius 3 is 2.70 bits per heavy atom. The number of benzene rings is 1. The number of carbonyl (C=O) groups is 1. The highest BCUT2D eigenvalue weighted by atomic mass is 32.2. The lowest BCUT2D eigenvalue weighted by atomic mass is 10.1. The molecule has 20 heavy (non-hydrogen) atoms. The second-order valence-electron chi connectivity index (χ2n) is 4.41. The van der Waals surface area contributed by atoms with Gasteiger partial charge in [-0.05, 0) is 25.5 Å². The van der Waals surface area contributed by atoms with Gasteiger partial charge >= 0.3 is 5.97 Å². The Morgan fingerprint density at radius 1 is 1.55 bits per heavy atom. The molecule has 0 spiro atoms. The van der Waals surface area contributed by atoms with Crippen molar-refractivity contribution in [3.63, 3.8) is 0 Å². The van der Waals surface area contributed by atoms with E-state index in [1.807, 2.05) is 6.92 Å². The van der Waals surface area contributed by atoms with Gasteiger partial charge in [-0.25, -0.2) is 4.79 Å². The summed E-state index contributed by atoms with van der Waals surface area (Å²) in [4.78, 5) is 21.0. The fraction of sp³-hybridized carbons (Fsp3) is 0.417. The maximum Gasteiger partial charge on any atom is 0.342 e. The van der Waals surface area contributed by atoms with Crippen LogP contribution in [0.1, 0.15) is 23.7 Å². The van der Waals surface area contributed by atoms with Crippen LogP contribution in [0.4, 0.5) is 11.4 Å². The highest BCUT2D eigenvalue weighted by molar-refractivity contribution is 7.84. The van der Waals surface area contributed by atoms with Gasteiger partial charge in [-0.2, -0.15) is 0 Å². The Morgan fingerprint density at radius 2 is 2.20 bits per heavy atom. The van der Waals surface area contributed by atoms with Gasteiger partial charge in [0.1, 0.15) is 5.56 Å². The SMILES string of the molecule is CC(CCS(C)=O)Nc1ccc([N+](=O)[O-])c(C(=O)O)c1. The van der Waals surface area contributed by atoms with E-state index in [-0.39, 0.29) is 11.6 Å². The molecule has 110 valence electrons. The van der Waals surface area contributed by atoms with Gasteiger partial charge in [0.15, 0.2) is 0 Å². The Balaban J connectivity index is 2.87. The molecule has 2 unspecified atom stereocenters. The number of nitrogens with zero attached hydrogens (tertiary/aromatic N) is 1. The Kier molecular flexibility index (Phi) is 5.63. The molecule has 0 fully saturated rings. The van der Waals surface area contributed by atoms with E-state index in [9.17, 15) is 19.1 Å². The second kappa shape index (κ2) is 6.99. The zero-order valence-electron chi connectivity index (χ0n) is 11.2. The summed E-state index contributed by atoms with van der Waals surface area (Å²) in [6, 6.07) is 3.85. The molecule has 0 aliphatic rings. The third-order valence-electron chi connectivity index (χ3n) is 2.68. The molecule has 7 nitrogen and oxygen atoms in total. The van der Waals surface area contributed by atoms with E-state index in [1.54, 1.807) is 6.26 Å². The fourth-order valence-electron chi connectivity index (χ4n) is 1.66. The van der Waals surface area contributed by atoms with E-state index in [0.717, 1.165) is 6.07 Å². The molecule has 1 rings (SSSR count). The highest BCUT2D eigenvalue weighted by Crippen LogP contribution is 2.23. The summed E-state index contributed by atoms with van der Waals surface area (Å²) in [7, 11) is -0.889. The van der Waals surface area contributed by atoms with Gasteiger partial charge in [-0.1, -0.05) is 0 Å². The third-order valence-corrected chi connectivity index (χ3v) is 3.49. The van der Waals surface area contributed by atoms with Crippen LogP contribution in [0.3, 0.4) is 0 Å². The first-order valence-corrected chi connectivity index (χ1v) is 7.62. The summed E-state index contributed by atoms with van der Waals surface area (Å²) in [5.74, 6) is -0.810. The van der Waals surface area contributed by atoms with Crippen LogP contribution < -0.4 is 5.32 Å². The minimum Gasteiger partial charge on any atom is -0.477 e. The average molecular weight is 300 g/mol. The lowest BCUT2D eigenvalue weighted by Crippen LogP contribution is -2.18. The lowest BCUT2D eigenvalue weighted by Gasteiger charge is -2.14. The van der Waals surface area contributed by atoms with Crippen LogP contribution in [0.5, 0.6) is 0 Å². The predicted molar refractivity (Wildman–Crippen MR) is 76.7 cm³/mol. The number of carboxylic acid groups (broad SMARTS) is 1. The number of hydrogen-bond donors (Lipinski definition) is 2. The van der Waals surface area contributed by atoms with Crippen LogP contribution in [-0.4, -0.2) is 38.3 Å². The van der Waals surface area contributed by atoms with Crippen molar-refractivity contribution in [2.75, 3.05) is 17.3 Å². The molecular weight excluding hydrogens is 284 g/mol. The summed E-state index contributed by atoms with van der Waals surface area (Å²) in [6.07, 6.45) is 2.27. The summed E-state index contributed by atoms with van der Waals surface area (Å²) in [5, 5.41) is 22.7. The monoisotopic (exact) mass is 300 g/mol. The number of carboxylic acids is 1. The third kappa shape index (κ3) is 4.61. The van der Waals surface area contributed by atoms with Gasteiger partial charge in [-0.3, -0.25) is 14.3 Å². The van der Waals surface area contributed by atoms with E-state index in [4.69, 9.17) is 5.11 Å². The van der Waals surface area contributed by atoms with Crippen molar-refractivity contribution >= 4 is 28.1 Å². The summed E-state index contributed by atoms with van der Waals surface area (Å²) >= 11 is 0. The topological polar surface area (TPSA) is 110 Å². The molecule has 0 radical (unpaired) electrons. The van der Waals surface area contributed by atoms with Gasteiger partial charge < -0.3 is 10.4 Å². The molecule has 0 aliphatic heterocycles. The van der Waals surface area contributed by atoms with Crippen molar-refractivity contribution in [3.05, 3.63) is 33.9 Å². The predicted octanol–water partition coefficient (Wildman–Crippen LogP) is 1.86. The summed E-state index contributed by atoms with van der Waals surface area (Å²) in [5.41, 5.74) is -0.306. The van der Waals surface area contributed by atoms with Crippen molar-refractivity contribution in [1.29, 1.82) is 0 Å². The number of nitro groups is 1. The van der Waals surface area contributed by atoms with Crippen LogP contribution in [0, 0.1) is 10.1 Å². The quantitative estimate of drug-likeness (QED) is 0.587. The van der Waals surface area contributed by atoms with Crippen molar-refractivity contribution < 1.29 is 19.0 Å². The van der Waals surface area contributed by atoms with Gasteiger partial charge in [0.25, 0.3) is 5.69 Å². The molecule has 2 N–H and O–H groups in total. The van der Waals surface area contributed by atoms with Crippen molar-refractivity contribution in [3.8, 4) is 0 Å². The molecular formula is C12H16N2O5S. The number of anilines is 1.